The summed E-state index contributed by atoms with van der Waals surface area (Å²) in [5.74, 6) is -0.888. The normalized spacial score (nSPS) is 37.1. The van der Waals surface area contributed by atoms with Gasteiger partial charge in [-0.3, -0.25) is 14.1 Å². The third-order valence-electron chi connectivity index (χ3n) is 12.3. The highest BCUT2D eigenvalue weighted by atomic mass is 31.2. The van der Waals surface area contributed by atoms with Crippen molar-refractivity contribution < 1.29 is 43.0 Å². The Morgan fingerprint density at radius 1 is 1.10 bits per heavy atom. The molecule has 2 heterocycles. The molecule has 4 N–H and O–H groups in total. The molecule has 0 bridgehead atoms. The molecule has 0 unspecified atom stereocenters. The van der Waals surface area contributed by atoms with Crippen molar-refractivity contribution >= 4 is 30.3 Å². The van der Waals surface area contributed by atoms with Crippen molar-refractivity contribution in [2.75, 3.05) is 6.61 Å². The Kier molecular flexibility index (Phi) is 7.44. The molecule has 252 valence electrons. The van der Waals surface area contributed by atoms with Gasteiger partial charge in [-0.15, -0.1) is 0 Å². The molecule has 0 spiro atoms. The largest absolute Gasteiger partial charge is 0.470 e. The number of aliphatic hydroxyl groups excluding tert-OH is 1. The molecule has 11 heteroatoms. The third-order valence-corrected chi connectivity index (χ3v) is 12.8. The minimum Gasteiger partial charge on any atom is -0.393 e. The number of rotatable bonds is 7. The molecule has 4 fully saturated rings. The van der Waals surface area contributed by atoms with Crippen LogP contribution >= 0.6 is 7.82 Å². The summed E-state index contributed by atoms with van der Waals surface area (Å²) in [4.78, 5) is 48.7. The summed E-state index contributed by atoms with van der Waals surface area (Å²) in [6.07, 6.45) is 7.60. The lowest BCUT2D eigenvalue weighted by molar-refractivity contribution is -0.200. The topological polar surface area (TPSA) is 155 Å². The Hall–Kier alpha value is -3.21. The van der Waals surface area contributed by atoms with Crippen molar-refractivity contribution in [2.24, 2.45) is 28.6 Å². The number of ether oxygens (including phenoxy) is 2. The van der Waals surface area contributed by atoms with E-state index in [0.717, 1.165) is 46.0 Å². The molecule has 1 aliphatic heterocycles. The molecule has 3 aromatic rings. The van der Waals surface area contributed by atoms with Crippen LogP contribution in [0.25, 0.3) is 10.9 Å². The number of carbonyl (C=O) groups excluding carboxylic acids is 2. The van der Waals surface area contributed by atoms with Gasteiger partial charge in [-0.2, -0.15) is 0 Å². The van der Waals surface area contributed by atoms with Gasteiger partial charge in [0.05, 0.1) is 12.2 Å². The van der Waals surface area contributed by atoms with Gasteiger partial charge in [0.2, 0.25) is 0 Å². The number of benzene rings is 2. The predicted molar refractivity (Wildman–Crippen MR) is 175 cm³/mol. The maximum Gasteiger partial charge on any atom is 0.470 e. The van der Waals surface area contributed by atoms with Gasteiger partial charge in [-0.1, -0.05) is 61.9 Å². The number of Topliss-reactive ketones (excluding diaryl/α,β-unsaturated/α-hetero) is 1. The number of carbonyl (C=O) groups is 2. The maximum absolute atomic E-state index is 14.2. The summed E-state index contributed by atoms with van der Waals surface area (Å²) in [5.41, 5.74) is 2.09. The standard InChI is InChI=1S/C37H40NO9P/c1-35-13-11-26(39)17-25(35)9-10-27-28-18-32-37(31(41)20-45-48(42,43)44,36(28,2)19-30(40)33(27)35)47-34(46-32)24-7-3-21(4-8-24)15-22-5-6-23-12-14-38-29(23)16-22/h3-8,11-14,16-17,27-28,30,32-34,38,40H,9-10,15,18-20H2,1-2H3,(H2,42,43,44)/t27-,28-,30-,32+,33+,34+,35-,36-,37+/m0/s1. The fourth-order valence-electron chi connectivity index (χ4n) is 10.2. The number of nitrogens with one attached hydrogen (secondary N) is 1. The third kappa shape index (κ3) is 4.88. The van der Waals surface area contributed by atoms with Crippen LogP contribution in [0, 0.1) is 28.6 Å². The second kappa shape index (κ2) is 11.2. The highest BCUT2D eigenvalue weighted by Gasteiger charge is 2.76. The monoisotopic (exact) mass is 673 g/mol. The van der Waals surface area contributed by atoms with Crippen molar-refractivity contribution in [1.29, 1.82) is 0 Å². The van der Waals surface area contributed by atoms with Crippen molar-refractivity contribution in [1.82, 2.24) is 4.98 Å². The molecule has 1 saturated heterocycles. The van der Waals surface area contributed by atoms with E-state index in [1.807, 2.05) is 49.5 Å². The lowest BCUT2D eigenvalue weighted by atomic mass is 9.46. The maximum atomic E-state index is 14.2. The van der Waals surface area contributed by atoms with Crippen LogP contribution in [0.15, 0.2) is 78.5 Å². The number of hydrogen-bond donors (Lipinski definition) is 4. The number of phosphoric acid groups is 1. The van der Waals surface area contributed by atoms with Gasteiger partial charge in [0.15, 0.2) is 23.5 Å². The van der Waals surface area contributed by atoms with E-state index in [1.54, 1.807) is 12.2 Å². The summed E-state index contributed by atoms with van der Waals surface area (Å²) in [7, 11) is -4.95. The number of hydrogen-bond acceptors (Lipinski definition) is 7. The van der Waals surface area contributed by atoms with Crippen molar-refractivity contribution in [2.45, 2.75) is 70.1 Å². The number of H-pyrrole nitrogens is 1. The molecule has 0 radical (unpaired) electrons. The number of aromatic amines is 1. The Balaban J connectivity index is 1.09. The van der Waals surface area contributed by atoms with Crippen LogP contribution in [-0.2, 0) is 34.6 Å². The molecule has 4 aliphatic carbocycles. The minimum absolute atomic E-state index is 0.00635. The van der Waals surface area contributed by atoms with E-state index in [9.17, 15) is 29.0 Å². The zero-order valence-corrected chi connectivity index (χ0v) is 27.8. The van der Waals surface area contributed by atoms with Crippen LogP contribution in [0.2, 0.25) is 0 Å². The Labute approximate surface area is 278 Å². The van der Waals surface area contributed by atoms with E-state index in [-0.39, 0.29) is 30.0 Å². The molecule has 9 atom stereocenters. The lowest BCUT2D eigenvalue weighted by Crippen LogP contribution is -2.63. The van der Waals surface area contributed by atoms with Crippen LogP contribution in [-0.4, -0.2) is 55.9 Å². The fourth-order valence-corrected chi connectivity index (χ4v) is 10.5. The molecule has 5 aliphatic rings. The Morgan fingerprint density at radius 2 is 1.88 bits per heavy atom. The number of fused-ring (bicyclic) bond motifs is 8. The van der Waals surface area contributed by atoms with Crippen LogP contribution in [0.3, 0.4) is 0 Å². The Morgan fingerprint density at radius 3 is 2.65 bits per heavy atom. The summed E-state index contributed by atoms with van der Waals surface area (Å²) in [5, 5.41) is 13.1. The summed E-state index contributed by atoms with van der Waals surface area (Å²) >= 11 is 0. The van der Waals surface area contributed by atoms with Crippen molar-refractivity contribution in [3.63, 3.8) is 0 Å². The highest BCUT2D eigenvalue weighted by Crippen LogP contribution is 2.70. The van der Waals surface area contributed by atoms with Crippen LogP contribution < -0.4 is 0 Å². The molecule has 3 saturated carbocycles. The quantitative estimate of drug-likeness (QED) is 0.239. The molecule has 10 nitrogen and oxygen atoms in total. The number of ketones is 2. The Bertz CT molecular complexity index is 1910. The van der Waals surface area contributed by atoms with Gasteiger partial charge in [0.25, 0.3) is 0 Å². The first-order valence-corrected chi connectivity index (χ1v) is 18.2. The average Bonchev–Trinajstić information content (AvgIpc) is 3.72. The predicted octanol–water partition coefficient (Wildman–Crippen LogP) is 5.48. The summed E-state index contributed by atoms with van der Waals surface area (Å²) < 4.78 is 29.8. The first-order valence-electron chi connectivity index (χ1n) is 16.6. The van der Waals surface area contributed by atoms with Gasteiger partial charge < -0.3 is 29.4 Å². The van der Waals surface area contributed by atoms with E-state index in [0.29, 0.717) is 12.8 Å². The zero-order chi connectivity index (χ0) is 33.6. The summed E-state index contributed by atoms with van der Waals surface area (Å²) in [6, 6.07) is 16.2. The highest BCUT2D eigenvalue weighted by molar-refractivity contribution is 7.46. The van der Waals surface area contributed by atoms with Crippen LogP contribution in [0.1, 0.15) is 62.5 Å². The van der Waals surface area contributed by atoms with Crippen LogP contribution in [0.5, 0.6) is 0 Å². The number of phosphoric ester groups is 1. The van der Waals surface area contributed by atoms with Gasteiger partial charge in [-0.05, 0) is 84.7 Å². The molecular formula is C37H40NO9P. The lowest BCUT2D eigenvalue weighted by Gasteiger charge is -2.59. The van der Waals surface area contributed by atoms with Crippen molar-refractivity contribution in [3.05, 3.63) is 95.2 Å². The second-order valence-electron chi connectivity index (χ2n) is 14.8. The molecule has 1 aromatic heterocycles. The minimum atomic E-state index is -4.95. The summed E-state index contributed by atoms with van der Waals surface area (Å²) in [6.45, 7) is 3.19. The average molecular weight is 674 g/mol. The first kappa shape index (κ1) is 32.0. The number of aliphatic hydroxyl groups is 1. The van der Waals surface area contributed by atoms with E-state index >= 15 is 0 Å². The van der Waals surface area contributed by atoms with E-state index < -0.39 is 55.1 Å². The van der Waals surface area contributed by atoms with Crippen molar-refractivity contribution in [3.8, 4) is 0 Å². The fraction of sp³-hybridized carbons (Fsp3) is 0.459. The van der Waals surface area contributed by atoms with Gasteiger partial charge in [0, 0.05) is 34.0 Å². The van der Waals surface area contributed by atoms with Gasteiger partial charge >= 0.3 is 7.82 Å². The SMILES string of the molecule is C[C@]12C=CC(=O)C=C1CC[C@@H]1[C@@H]2[C@@H](O)C[C@@]2(C)[C@H]1C[C@H]1O[C@@H](c3ccc(Cc4ccc5cc[nH]c5c4)cc3)O[C@]12C(=O)COP(=O)(O)O. The molecule has 2 aromatic carbocycles. The first-order chi connectivity index (χ1) is 22.8. The van der Waals surface area contributed by atoms with E-state index in [4.69, 9.17) is 14.0 Å². The second-order valence-corrected chi connectivity index (χ2v) is 16.0. The molecule has 48 heavy (non-hydrogen) atoms. The van der Waals surface area contributed by atoms with E-state index in [2.05, 4.69) is 30.1 Å². The zero-order valence-electron chi connectivity index (χ0n) is 26.9. The smallest absolute Gasteiger partial charge is 0.393 e. The molecular weight excluding hydrogens is 633 g/mol. The number of allylic oxidation sites excluding steroid dienone is 4. The molecule has 0 amide bonds. The molecule has 8 rings (SSSR count). The number of aromatic nitrogens is 1. The van der Waals surface area contributed by atoms with E-state index in [1.165, 1.54) is 0 Å². The van der Waals surface area contributed by atoms with Gasteiger partial charge in [0.1, 0.15) is 6.61 Å². The van der Waals surface area contributed by atoms with Crippen LogP contribution in [0.4, 0.5) is 0 Å². The van der Waals surface area contributed by atoms with Gasteiger partial charge in [-0.25, -0.2) is 4.57 Å².